The van der Waals surface area contributed by atoms with Gasteiger partial charge in [-0.3, -0.25) is 11.3 Å². The van der Waals surface area contributed by atoms with Crippen LogP contribution in [0.2, 0.25) is 5.02 Å². The molecule has 1 saturated carbocycles. The fourth-order valence-corrected chi connectivity index (χ4v) is 2.05. The van der Waals surface area contributed by atoms with Crippen molar-refractivity contribution in [2.45, 2.75) is 25.3 Å². The molecule has 1 aromatic rings. The van der Waals surface area contributed by atoms with Crippen molar-refractivity contribution in [3.63, 3.8) is 0 Å². The molecule has 0 bridgehead atoms. The topological polar surface area (TPSA) is 38.0 Å². The van der Waals surface area contributed by atoms with Crippen LogP contribution in [0.3, 0.4) is 0 Å². The lowest BCUT2D eigenvalue weighted by molar-refractivity contribution is 0.463. The molecular weight excluding hydrogens is 215 g/mol. The van der Waals surface area contributed by atoms with Gasteiger partial charge in [-0.1, -0.05) is 17.7 Å². The summed E-state index contributed by atoms with van der Waals surface area (Å²) >= 11 is 5.95. The molecule has 1 aromatic carbocycles. The summed E-state index contributed by atoms with van der Waals surface area (Å²) in [6, 6.07) is 4.89. The molecule has 4 heteroatoms. The van der Waals surface area contributed by atoms with E-state index >= 15 is 0 Å². The van der Waals surface area contributed by atoms with Gasteiger partial charge >= 0.3 is 0 Å². The largest absolute Gasteiger partial charge is 0.271 e. The first kappa shape index (κ1) is 10.9. The Kier molecular flexibility index (Phi) is 3.24. The van der Waals surface area contributed by atoms with Crippen molar-refractivity contribution in [2.75, 3.05) is 0 Å². The number of hydrogen-bond donors (Lipinski definition) is 2. The van der Waals surface area contributed by atoms with Crippen LogP contribution in [-0.4, -0.2) is 6.04 Å². The first-order valence-corrected chi connectivity index (χ1v) is 5.49. The van der Waals surface area contributed by atoms with Crippen molar-refractivity contribution in [3.8, 4) is 0 Å². The number of hydrogen-bond acceptors (Lipinski definition) is 2. The van der Waals surface area contributed by atoms with E-state index in [1.54, 1.807) is 12.1 Å². The summed E-state index contributed by atoms with van der Waals surface area (Å²) in [7, 11) is 0. The van der Waals surface area contributed by atoms with Gasteiger partial charge in [-0.25, -0.2) is 4.39 Å². The molecule has 1 aliphatic rings. The summed E-state index contributed by atoms with van der Waals surface area (Å²) in [6.07, 6.45) is 2.90. The summed E-state index contributed by atoms with van der Waals surface area (Å²) in [6.45, 7) is 0. The summed E-state index contributed by atoms with van der Waals surface area (Å²) < 4.78 is 13.5. The van der Waals surface area contributed by atoms with Crippen molar-refractivity contribution in [3.05, 3.63) is 34.6 Å². The van der Waals surface area contributed by atoms with Gasteiger partial charge in [-0.05, 0) is 37.3 Å². The van der Waals surface area contributed by atoms with E-state index in [-0.39, 0.29) is 11.9 Å². The summed E-state index contributed by atoms with van der Waals surface area (Å²) in [5.41, 5.74) is 3.31. The highest BCUT2D eigenvalue weighted by atomic mass is 35.5. The third-order valence-corrected chi connectivity index (χ3v) is 3.24. The van der Waals surface area contributed by atoms with Crippen molar-refractivity contribution >= 4 is 11.6 Å². The normalized spacial score (nSPS) is 17.8. The summed E-state index contributed by atoms with van der Waals surface area (Å²) in [5, 5.41) is 0.482. The van der Waals surface area contributed by atoms with Crippen LogP contribution < -0.4 is 11.3 Å². The van der Waals surface area contributed by atoms with Gasteiger partial charge in [0.15, 0.2) is 0 Å². The molecule has 0 aliphatic heterocycles. The van der Waals surface area contributed by atoms with Crippen LogP contribution in [0.15, 0.2) is 18.2 Å². The van der Waals surface area contributed by atoms with E-state index < -0.39 is 0 Å². The van der Waals surface area contributed by atoms with Crippen LogP contribution in [0.5, 0.6) is 0 Å². The second-order valence-corrected chi connectivity index (χ2v) is 4.42. The Morgan fingerprint density at radius 3 is 2.80 bits per heavy atom. The van der Waals surface area contributed by atoms with Crippen molar-refractivity contribution in [1.82, 2.24) is 5.43 Å². The van der Waals surface area contributed by atoms with Crippen LogP contribution >= 0.6 is 11.6 Å². The number of halogens is 2. The first-order valence-electron chi connectivity index (χ1n) is 5.11. The molecule has 15 heavy (non-hydrogen) atoms. The Bertz CT molecular complexity index is 332. The van der Waals surface area contributed by atoms with Crippen LogP contribution in [-0.2, 0) is 6.42 Å². The van der Waals surface area contributed by atoms with Crippen LogP contribution in [0.4, 0.5) is 4.39 Å². The van der Waals surface area contributed by atoms with E-state index in [0.717, 1.165) is 0 Å². The number of rotatable bonds is 4. The highest BCUT2D eigenvalue weighted by Gasteiger charge is 2.31. The average Bonchev–Trinajstić information content (AvgIpc) is 3.01. The summed E-state index contributed by atoms with van der Waals surface area (Å²) in [5.74, 6) is 5.77. The van der Waals surface area contributed by atoms with Gasteiger partial charge in [0.25, 0.3) is 0 Å². The van der Waals surface area contributed by atoms with E-state index in [9.17, 15) is 4.39 Å². The van der Waals surface area contributed by atoms with Crippen LogP contribution in [0.1, 0.15) is 18.4 Å². The Labute approximate surface area is 93.6 Å². The fourth-order valence-electron chi connectivity index (χ4n) is 1.81. The van der Waals surface area contributed by atoms with E-state index in [0.29, 0.717) is 22.9 Å². The SMILES string of the molecule is NNC(Cc1c(F)cccc1Cl)C1CC1. The number of hydrazine groups is 1. The molecule has 1 atom stereocenters. The van der Waals surface area contributed by atoms with Gasteiger partial charge < -0.3 is 0 Å². The van der Waals surface area contributed by atoms with E-state index in [1.165, 1.54) is 18.9 Å². The molecule has 0 aromatic heterocycles. The highest BCUT2D eigenvalue weighted by Crippen LogP contribution is 2.35. The fraction of sp³-hybridized carbons (Fsp3) is 0.455. The average molecular weight is 229 g/mol. The predicted molar refractivity (Wildman–Crippen MR) is 58.9 cm³/mol. The molecule has 0 amide bonds. The van der Waals surface area contributed by atoms with Crippen LogP contribution in [0, 0.1) is 11.7 Å². The lowest BCUT2D eigenvalue weighted by Gasteiger charge is -2.16. The Morgan fingerprint density at radius 1 is 1.53 bits per heavy atom. The smallest absolute Gasteiger partial charge is 0.127 e. The van der Waals surface area contributed by atoms with Crippen LogP contribution in [0.25, 0.3) is 0 Å². The first-order chi connectivity index (χ1) is 7.22. The minimum Gasteiger partial charge on any atom is -0.271 e. The maximum atomic E-state index is 13.5. The molecule has 1 unspecified atom stereocenters. The molecule has 0 heterocycles. The zero-order valence-electron chi connectivity index (χ0n) is 8.34. The third-order valence-electron chi connectivity index (χ3n) is 2.89. The van der Waals surface area contributed by atoms with Crippen molar-refractivity contribution in [2.24, 2.45) is 11.8 Å². The highest BCUT2D eigenvalue weighted by molar-refractivity contribution is 6.31. The third kappa shape index (κ3) is 2.48. The van der Waals surface area contributed by atoms with Gasteiger partial charge in [0.05, 0.1) is 0 Å². The predicted octanol–water partition coefficient (Wildman–Crippen LogP) is 2.26. The van der Waals surface area contributed by atoms with E-state index in [1.807, 2.05) is 0 Å². The monoisotopic (exact) mass is 228 g/mol. The molecule has 0 radical (unpaired) electrons. The molecule has 82 valence electrons. The lowest BCUT2D eigenvalue weighted by atomic mass is 10.0. The van der Waals surface area contributed by atoms with Gasteiger partial charge in [0, 0.05) is 16.6 Å². The molecule has 1 aliphatic carbocycles. The zero-order valence-corrected chi connectivity index (χ0v) is 9.10. The number of benzene rings is 1. The standard InChI is InChI=1S/C11H14ClFN2/c12-9-2-1-3-10(13)8(9)6-11(15-14)7-4-5-7/h1-3,7,11,15H,4-6,14H2. The molecular formula is C11H14ClFN2. The maximum absolute atomic E-state index is 13.5. The maximum Gasteiger partial charge on any atom is 0.127 e. The Balaban J connectivity index is 2.14. The zero-order chi connectivity index (χ0) is 10.8. The van der Waals surface area contributed by atoms with Gasteiger partial charge in [-0.2, -0.15) is 0 Å². The minimum atomic E-state index is -0.247. The molecule has 3 N–H and O–H groups in total. The molecule has 2 rings (SSSR count). The quantitative estimate of drug-likeness (QED) is 0.613. The Morgan fingerprint density at radius 2 is 2.27 bits per heavy atom. The second kappa shape index (κ2) is 4.47. The molecule has 1 fully saturated rings. The molecule has 0 spiro atoms. The number of nitrogens with two attached hydrogens (primary N) is 1. The van der Waals surface area contributed by atoms with Gasteiger partial charge in [0.2, 0.25) is 0 Å². The van der Waals surface area contributed by atoms with E-state index in [2.05, 4.69) is 5.43 Å². The minimum absolute atomic E-state index is 0.138. The van der Waals surface area contributed by atoms with Crippen molar-refractivity contribution in [1.29, 1.82) is 0 Å². The van der Waals surface area contributed by atoms with Crippen molar-refractivity contribution < 1.29 is 4.39 Å². The Hall–Kier alpha value is -0.640. The van der Waals surface area contributed by atoms with Gasteiger partial charge in [-0.15, -0.1) is 0 Å². The number of nitrogens with one attached hydrogen (secondary N) is 1. The van der Waals surface area contributed by atoms with E-state index in [4.69, 9.17) is 17.4 Å². The lowest BCUT2D eigenvalue weighted by Crippen LogP contribution is -2.38. The molecule has 0 saturated heterocycles. The second-order valence-electron chi connectivity index (χ2n) is 4.01. The summed E-state index contributed by atoms with van der Waals surface area (Å²) in [4.78, 5) is 0. The van der Waals surface area contributed by atoms with Gasteiger partial charge in [0.1, 0.15) is 5.82 Å². The molecule has 2 nitrogen and oxygen atoms in total.